The maximum absolute atomic E-state index is 6.20. The van der Waals surface area contributed by atoms with Gasteiger partial charge in [0.05, 0.1) is 30.6 Å². The fraction of sp³-hybridized carbons (Fsp3) is 0.286. The lowest BCUT2D eigenvalue weighted by atomic mass is 10.0. The van der Waals surface area contributed by atoms with E-state index in [2.05, 4.69) is 68.4 Å². The molecule has 2 fully saturated rings. The average molecular weight is 485 g/mol. The first-order valence-corrected chi connectivity index (χ1v) is 12.6. The van der Waals surface area contributed by atoms with Crippen LogP contribution in [0.3, 0.4) is 0 Å². The van der Waals surface area contributed by atoms with E-state index in [4.69, 9.17) is 21.4 Å². The van der Waals surface area contributed by atoms with Gasteiger partial charge in [0.1, 0.15) is 17.6 Å². The highest BCUT2D eigenvalue weighted by molar-refractivity contribution is 7.80. The molecule has 0 unspecified atom stereocenters. The molecule has 1 aliphatic carbocycles. The fourth-order valence-electron chi connectivity index (χ4n) is 5.23. The summed E-state index contributed by atoms with van der Waals surface area (Å²) >= 11 is 5.89. The van der Waals surface area contributed by atoms with Gasteiger partial charge in [-0.25, -0.2) is 0 Å². The minimum absolute atomic E-state index is 0.0797. The number of thiocarbonyl (C=S) groups is 1. The molecule has 1 aromatic carbocycles. The summed E-state index contributed by atoms with van der Waals surface area (Å²) in [6, 6.07) is 22.3. The van der Waals surface area contributed by atoms with E-state index in [-0.39, 0.29) is 12.1 Å². The number of nitrogens with zero attached hydrogens (tertiary/aromatic N) is 3. The van der Waals surface area contributed by atoms with Crippen LogP contribution in [-0.2, 0) is 6.54 Å². The highest BCUT2D eigenvalue weighted by Gasteiger charge is 2.42. The van der Waals surface area contributed by atoms with Crippen molar-refractivity contribution in [3.8, 4) is 5.75 Å². The predicted molar refractivity (Wildman–Crippen MR) is 139 cm³/mol. The van der Waals surface area contributed by atoms with E-state index < -0.39 is 0 Å². The molecule has 35 heavy (non-hydrogen) atoms. The Kier molecular flexibility index (Phi) is 6.00. The minimum Gasteiger partial charge on any atom is -0.490 e. The van der Waals surface area contributed by atoms with Gasteiger partial charge < -0.3 is 23.9 Å². The van der Waals surface area contributed by atoms with Crippen LogP contribution in [0.15, 0.2) is 89.8 Å². The van der Waals surface area contributed by atoms with Crippen molar-refractivity contribution in [2.45, 2.75) is 50.4 Å². The maximum atomic E-state index is 6.20. The lowest BCUT2D eigenvalue weighted by Gasteiger charge is -2.29. The minimum atomic E-state index is -0.0941. The highest BCUT2D eigenvalue weighted by atomic mass is 32.1. The summed E-state index contributed by atoms with van der Waals surface area (Å²) in [5.74, 6) is 1.82. The molecule has 0 bridgehead atoms. The maximum Gasteiger partial charge on any atom is 0.174 e. The molecule has 2 atom stereocenters. The number of furan rings is 1. The first-order chi connectivity index (χ1) is 17.3. The predicted octanol–water partition coefficient (Wildman–Crippen LogP) is 6.02. The molecule has 4 heterocycles. The van der Waals surface area contributed by atoms with E-state index in [9.17, 15) is 0 Å². The first kappa shape index (κ1) is 21.9. The Hall–Kier alpha value is -3.58. The number of benzene rings is 1. The van der Waals surface area contributed by atoms with Crippen LogP contribution in [0.5, 0.6) is 5.75 Å². The van der Waals surface area contributed by atoms with E-state index in [0.29, 0.717) is 17.8 Å². The Morgan fingerprint density at radius 2 is 1.86 bits per heavy atom. The van der Waals surface area contributed by atoms with Crippen LogP contribution in [-0.4, -0.2) is 20.8 Å². The Morgan fingerprint density at radius 3 is 2.60 bits per heavy atom. The number of anilines is 1. The van der Waals surface area contributed by atoms with Crippen molar-refractivity contribution in [3.63, 3.8) is 0 Å². The number of rotatable bonds is 7. The van der Waals surface area contributed by atoms with Crippen molar-refractivity contribution in [1.29, 1.82) is 0 Å². The van der Waals surface area contributed by atoms with Crippen molar-refractivity contribution in [2.75, 3.05) is 4.90 Å². The Labute approximate surface area is 210 Å². The summed E-state index contributed by atoms with van der Waals surface area (Å²) in [5.41, 5.74) is 3.11. The number of aromatic nitrogens is 2. The fourth-order valence-corrected chi connectivity index (χ4v) is 5.57. The molecular formula is C28H28N4O2S. The standard InChI is InChI=1S/C28H28N4O2S/c35-28-30-26(24-10-3-4-16-29-24)27(25-11-5-17-31(25)19-23-9-6-18-33-23)32(28)20-12-14-22(15-13-20)34-21-7-1-2-8-21/h3-6,9-18,21,26-27H,1-2,7-8,19H2,(H,30,35)/t26-,27+/m0/s1. The molecule has 1 saturated carbocycles. The quantitative estimate of drug-likeness (QED) is 0.324. The zero-order chi connectivity index (χ0) is 23.6. The molecule has 6 rings (SSSR count). The number of ether oxygens (including phenoxy) is 1. The lowest BCUT2D eigenvalue weighted by Crippen LogP contribution is -2.30. The summed E-state index contributed by atoms with van der Waals surface area (Å²) in [6.45, 7) is 0.648. The summed E-state index contributed by atoms with van der Waals surface area (Å²) in [4.78, 5) is 6.86. The molecule has 2 aliphatic rings. The molecule has 0 amide bonds. The average Bonchev–Trinajstić information content (AvgIpc) is 3.69. The highest BCUT2D eigenvalue weighted by Crippen LogP contribution is 2.42. The van der Waals surface area contributed by atoms with Crippen molar-refractivity contribution in [3.05, 3.63) is 103 Å². The van der Waals surface area contributed by atoms with Crippen LogP contribution in [0.25, 0.3) is 0 Å². The number of hydrogen-bond acceptors (Lipinski definition) is 4. The van der Waals surface area contributed by atoms with Gasteiger partial charge in [-0.1, -0.05) is 6.07 Å². The molecular weight excluding hydrogens is 456 g/mol. The van der Waals surface area contributed by atoms with Crippen LogP contribution >= 0.6 is 12.2 Å². The third kappa shape index (κ3) is 4.44. The second-order valence-electron chi connectivity index (χ2n) is 9.16. The largest absolute Gasteiger partial charge is 0.490 e. The van der Waals surface area contributed by atoms with Crippen LogP contribution in [0.4, 0.5) is 5.69 Å². The van der Waals surface area contributed by atoms with Crippen LogP contribution < -0.4 is 15.0 Å². The third-order valence-corrected chi connectivity index (χ3v) is 7.21. The summed E-state index contributed by atoms with van der Waals surface area (Å²) < 4.78 is 14.1. The van der Waals surface area contributed by atoms with Crippen molar-refractivity contribution < 1.29 is 9.15 Å². The molecule has 6 nitrogen and oxygen atoms in total. The van der Waals surface area contributed by atoms with Crippen LogP contribution in [0.1, 0.15) is 54.9 Å². The van der Waals surface area contributed by atoms with Gasteiger partial charge >= 0.3 is 0 Å². The van der Waals surface area contributed by atoms with Gasteiger partial charge in [-0.15, -0.1) is 0 Å². The second kappa shape index (κ2) is 9.58. The zero-order valence-corrected chi connectivity index (χ0v) is 20.2. The molecule has 4 aromatic rings. The molecule has 0 spiro atoms. The molecule has 1 aliphatic heterocycles. The van der Waals surface area contributed by atoms with Gasteiger partial charge in [-0.3, -0.25) is 4.98 Å². The van der Waals surface area contributed by atoms with Crippen LogP contribution in [0, 0.1) is 0 Å². The van der Waals surface area contributed by atoms with Crippen molar-refractivity contribution >= 4 is 23.0 Å². The lowest BCUT2D eigenvalue weighted by molar-refractivity contribution is 0.210. The summed E-state index contributed by atoms with van der Waals surface area (Å²) in [6.07, 6.45) is 10.8. The van der Waals surface area contributed by atoms with Gasteiger partial charge in [0.25, 0.3) is 0 Å². The van der Waals surface area contributed by atoms with E-state index in [1.807, 2.05) is 30.5 Å². The molecule has 1 saturated heterocycles. The van der Waals surface area contributed by atoms with E-state index in [1.165, 1.54) is 12.8 Å². The Morgan fingerprint density at radius 1 is 1.00 bits per heavy atom. The zero-order valence-electron chi connectivity index (χ0n) is 19.4. The van der Waals surface area contributed by atoms with Gasteiger partial charge in [-0.2, -0.15) is 0 Å². The number of hydrogen-bond donors (Lipinski definition) is 1. The van der Waals surface area contributed by atoms with E-state index >= 15 is 0 Å². The van der Waals surface area contributed by atoms with E-state index in [0.717, 1.165) is 41.4 Å². The van der Waals surface area contributed by atoms with E-state index in [1.54, 1.807) is 6.26 Å². The summed E-state index contributed by atoms with van der Waals surface area (Å²) in [7, 11) is 0. The van der Waals surface area contributed by atoms with Gasteiger partial charge in [0.2, 0.25) is 0 Å². The van der Waals surface area contributed by atoms with Crippen molar-refractivity contribution in [1.82, 2.24) is 14.9 Å². The Bertz CT molecular complexity index is 1260. The summed E-state index contributed by atoms with van der Waals surface area (Å²) in [5, 5.41) is 4.22. The molecule has 7 heteroatoms. The van der Waals surface area contributed by atoms with Gasteiger partial charge in [-0.05, 0) is 98.6 Å². The smallest absolute Gasteiger partial charge is 0.174 e. The monoisotopic (exact) mass is 484 g/mol. The third-order valence-electron chi connectivity index (χ3n) is 6.89. The Balaban J connectivity index is 1.35. The molecule has 1 N–H and O–H groups in total. The van der Waals surface area contributed by atoms with Gasteiger partial charge in [0.15, 0.2) is 5.11 Å². The first-order valence-electron chi connectivity index (χ1n) is 12.2. The second-order valence-corrected chi connectivity index (χ2v) is 9.54. The molecule has 0 radical (unpaired) electrons. The number of nitrogens with one attached hydrogen (secondary N) is 1. The topological polar surface area (TPSA) is 55.5 Å². The van der Waals surface area contributed by atoms with Gasteiger partial charge in [0, 0.05) is 23.8 Å². The van der Waals surface area contributed by atoms with Crippen LogP contribution in [0.2, 0.25) is 0 Å². The molecule has 178 valence electrons. The molecule has 3 aromatic heterocycles. The number of pyridine rings is 1. The normalized spacial score (nSPS) is 20.3. The van der Waals surface area contributed by atoms with Crippen molar-refractivity contribution in [2.24, 2.45) is 0 Å². The SMILES string of the molecule is S=C1N[C@@H](c2ccccn2)[C@@H](c2cccn2Cc2ccco2)N1c1ccc(OC2CCCC2)cc1.